The molecule has 2 amide bonds. The highest BCUT2D eigenvalue weighted by Crippen LogP contribution is 2.19. The number of nitrogens with one attached hydrogen (secondary N) is 1. The molecule has 2 N–H and O–H groups in total. The van der Waals surface area contributed by atoms with Crippen molar-refractivity contribution in [3.05, 3.63) is 0 Å². The summed E-state index contributed by atoms with van der Waals surface area (Å²) in [5, 5.41) is 11.6. The average molecular weight is 272 g/mol. The molecule has 110 valence electrons. The molecule has 0 aromatic rings. The molecule has 1 saturated heterocycles. The van der Waals surface area contributed by atoms with Crippen LogP contribution in [0.2, 0.25) is 0 Å². The van der Waals surface area contributed by atoms with Crippen molar-refractivity contribution in [3.63, 3.8) is 0 Å². The van der Waals surface area contributed by atoms with Crippen molar-refractivity contribution in [3.8, 4) is 0 Å². The first kappa shape index (κ1) is 15.8. The van der Waals surface area contributed by atoms with Gasteiger partial charge in [0.2, 0.25) is 0 Å². The number of nitrogens with zero attached hydrogens (tertiary/aromatic N) is 1. The van der Waals surface area contributed by atoms with Gasteiger partial charge in [-0.1, -0.05) is 13.8 Å². The zero-order valence-corrected chi connectivity index (χ0v) is 11.9. The molecular weight excluding hydrogens is 248 g/mol. The van der Waals surface area contributed by atoms with E-state index in [1.165, 1.54) is 4.90 Å². The van der Waals surface area contributed by atoms with Gasteiger partial charge in [-0.2, -0.15) is 0 Å². The third kappa shape index (κ3) is 5.46. The third-order valence-corrected chi connectivity index (χ3v) is 3.25. The Kier molecular flexibility index (Phi) is 6.08. The lowest BCUT2D eigenvalue weighted by Crippen LogP contribution is -2.46. The zero-order chi connectivity index (χ0) is 14.4. The Morgan fingerprint density at radius 2 is 2.16 bits per heavy atom. The molecule has 2 unspecified atom stereocenters. The van der Waals surface area contributed by atoms with Crippen LogP contribution in [0.15, 0.2) is 0 Å². The van der Waals surface area contributed by atoms with Gasteiger partial charge in [0, 0.05) is 25.6 Å². The molecule has 6 nitrogen and oxygen atoms in total. The van der Waals surface area contributed by atoms with Gasteiger partial charge in [-0.15, -0.1) is 0 Å². The van der Waals surface area contributed by atoms with Crippen LogP contribution in [0.3, 0.4) is 0 Å². The van der Waals surface area contributed by atoms with E-state index >= 15 is 0 Å². The van der Waals surface area contributed by atoms with Gasteiger partial charge in [-0.25, -0.2) is 4.79 Å². The highest BCUT2D eigenvalue weighted by molar-refractivity contribution is 5.80. The molecule has 0 aromatic heterocycles. The molecule has 0 radical (unpaired) electrons. The Morgan fingerprint density at radius 3 is 2.63 bits per heavy atom. The molecule has 0 saturated carbocycles. The van der Waals surface area contributed by atoms with Gasteiger partial charge in [-0.05, 0) is 19.3 Å². The monoisotopic (exact) mass is 272 g/mol. The van der Waals surface area contributed by atoms with Crippen LogP contribution >= 0.6 is 0 Å². The molecule has 0 aliphatic carbocycles. The number of amides is 2. The first-order valence-corrected chi connectivity index (χ1v) is 6.76. The largest absolute Gasteiger partial charge is 0.480 e. The van der Waals surface area contributed by atoms with Crippen LogP contribution in [0.5, 0.6) is 0 Å². The number of carboxylic acids is 1. The van der Waals surface area contributed by atoms with Crippen molar-refractivity contribution in [2.75, 3.05) is 26.2 Å². The van der Waals surface area contributed by atoms with Crippen molar-refractivity contribution in [2.24, 2.45) is 11.8 Å². The summed E-state index contributed by atoms with van der Waals surface area (Å²) in [5.74, 6) is -0.443. The number of urea groups is 1. The Hall–Kier alpha value is -1.30. The van der Waals surface area contributed by atoms with Crippen LogP contribution < -0.4 is 5.32 Å². The molecule has 2 atom stereocenters. The van der Waals surface area contributed by atoms with Crippen LogP contribution in [0, 0.1) is 11.8 Å². The van der Waals surface area contributed by atoms with Crippen molar-refractivity contribution < 1.29 is 19.4 Å². The second-order valence-electron chi connectivity index (χ2n) is 5.48. The van der Waals surface area contributed by atoms with Gasteiger partial charge in [0.05, 0.1) is 6.10 Å². The minimum atomic E-state index is -0.992. The summed E-state index contributed by atoms with van der Waals surface area (Å²) < 4.78 is 5.43. The number of ether oxygens (including phenoxy) is 1. The fraction of sp³-hybridized carbons (Fsp3) is 0.846. The molecule has 0 spiro atoms. The number of carbonyl (C=O) groups is 2. The first-order valence-electron chi connectivity index (χ1n) is 6.76. The standard InChI is InChI=1S/C13H24N2O4/c1-9(2)7-15(8-12(16)17)13(18)14-6-11-4-5-19-10(11)3/h9-11H,4-8H2,1-3H3,(H,14,18)(H,16,17). The van der Waals surface area contributed by atoms with E-state index in [-0.39, 0.29) is 24.6 Å². The van der Waals surface area contributed by atoms with Gasteiger partial charge < -0.3 is 20.1 Å². The quantitative estimate of drug-likeness (QED) is 0.760. The lowest BCUT2D eigenvalue weighted by Gasteiger charge is -2.24. The summed E-state index contributed by atoms with van der Waals surface area (Å²) in [6.45, 7) is 7.34. The summed E-state index contributed by atoms with van der Waals surface area (Å²) in [7, 11) is 0. The Labute approximate surface area is 114 Å². The minimum absolute atomic E-state index is 0.151. The van der Waals surface area contributed by atoms with E-state index in [4.69, 9.17) is 9.84 Å². The number of carboxylic acid groups (broad SMARTS) is 1. The predicted octanol–water partition coefficient (Wildman–Crippen LogP) is 1.16. The summed E-state index contributed by atoms with van der Waals surface area (Å²) in [6.07, 6.45) is 1.09. The van der Waals surface area contributed by atoms with Crippen LogP contribution in [-0.2, 0) is 9.53 Å². The molecule has 6 heteroatoms. The Balaban J connectivity index is 2.44. The van der Waals surface area contributed by atoms with E-state index in [9.17, 15) is 9.59 Å². The van der Waals surface area contributed by atoms with E-state index in [1.807, 2.05) is 20.8 Å². The SMILES string of the molecule is CC(C)CN(CC(=O)O)C(=O)NCC1CCOC1C. The summed E-state index contributed by atoms with van der Waals surface area (Å²) in [4.78, 5) is 24.1. The minimum Gasteiger partial charge on any atom is -0.480 e. The molecule has 1 aliphatic rings. The van der Waals surface area contributed by atoms with Gasteiger partial charge in [0.15, 0.2) is 0 Å². The highest BCUT2D eigenvalue weighted by atomic mass is 16.5. The van der Waals surface area contributed by atoms with Crippen LogP contribution in [0.25, 0.3) is 0 Å². The second kappa shape index (κ2) is 7.33. The van der Waals surface area contributed by atoms with E-state index in [0.29, 0.717) is 19.0 Å². The van der Waals surface area contributed by atoms with Gasteiger partial charge in [0.1, 0.15) is 6.54 Å². The topological polar surface area (TPSA) is 78.9 Å². The maximum atomic E-state index is 12.0. The molecule has 19 heavy (non-hydrogen) atoms. The lowest BCUT2D eigenvalue weighted by atomic mass is 10.0. The summed E-state index contributed by atoms with van der Waals surface area (Å²) >= 11 is 0. The van der Waals surface area contributed by atoms with Gasteiger partial charge in [-0.3, -0.25) is 4.79 Å². The molecule has 1 rings (SSSR count). The van der Waals surface area contributed by atoms with Crippen molar-refractivity contribution in [2.45, 2.75) is 33.3 Å². The molecule has 1 aliphatic heterocycles. The first-order chi connectivity index (χ1) is 8.90. The van der Waals surface area contributed by atoms with Gasteiger partial charge in [0.25, 0.3) is 0 Å². The van der Waals surface area contributed by atoms with Crippen molar-refractivity contribution in [1.29, 1.82) is 0 Å². The van der Waals surface area contributed by atoms with Crippen LogP contribution in [0.1, 0.15) is 27.2 Å². The summed E-state index contributed by atoms with van der Waals surface area (Å²) in [6, 6.07) is -0.310. The molecule has 0 bridgehead atoms. The lowest BCUT2D eigenvalue weighted by molar-refractivity contribution is -0.137. The number of hydrogen-bond donors (Lipinski definition) is 2. The molecule has 1 heterocycles. The van der Waals surface area contributed by atoms with Crippen LogP contribution in [-0.4, -0.2) is 54.4 Å². The molecule has 0 aromatic carbocycles. The maximum Gasteiger partial charge on any atom is 0.323 e. The number of aliphatic carboxylic acids is 1. The smallest absolute Gasteiger partial charge is 0.323 e. The highest BCUT2D eigenvalue weighted by Gasteiger charge is 2.25. The van der Waals surface area contributed by atoms with Crippen molar-refractivity contribution >= 4 is 12.0 Å². The predicted molar refractivity (Wildman–Crippen MR) is 71.0 cm³/mol. The number of carbonyl (C=O) groups excluding carboxylic acids is 1. The normalized spacial score (nSPS) is 22.5. The average Bonchev–Trinajstić information content (AvgIpc) is 2.69. The molecule has 1 fully saturated rings. The van der Waals surface area contributed by atoms with E-state index < -0.39 is 5.97 Å². The van der Waals surface area contributed by atoms with E-state index in [2.05, 4.69) is 5.32 Å². The maximum absolute atomic E-state index is 12.0. The number of hydrogen-bond acceptors (Lipinski definition) is 3. The fourth-order valence-corrected chi connectivity index (χ4v) is 2.20. The molecular formula is C13H24N2O4. The fourth-order valence-electron chi connectivity index (χ4n) is 2.20. The summed E-state index contributed by atoms with van der Waals surface area (Å²) in [5.41, 5.74) is 0. The zero-order valence-electron chi connectivity index (χ0n) is 11.9. The van der Waals surface area contributed by atoms with Crippen molar-refractivity contribution in [1.82, 2.24) is 10.2 Å². The van der Waals surface area contributed by atoms with Gasteiger partial charge >= 0.3 is 12.0 Å². The Morgan fingerprint density at radius 1 is 1.47 bits per heavy atom. The second-order valence-corrected chi connectivity index (χ2v) is 5.48. The van der Waals surface area contributed by atoms with E-state index in [0.717, 1.165) is 13.0 Å². The third-order valence-electron chi connectivity index (χ3n) is 3.25. The van der Waals surface area contributed by atoms with E-state index in [1.54, 1.807) is 0 Å². The van der Waals surface area contributed by atoms with Crippen LogP contribution in [0.4, 0.5) is 4.79 Å². The Bertz CT molecular complexity index is 320. The number of rotatable bonds is 6.